The van der Waals surface area contributed by atoms with Crippen molar-refractivity contribution in [3.8, 4) is 0 Å². The van der Waals surface area contributed by atoms with Crippen molar-refractivity contribution in [2.24, 2.45) is 0 Å². The normalized spacial score (nSPS) is 8.45. The predicted octanol–water partition coefficient (Wildman–Crippen LogP) is 3.81. The molecule has 0 heterocycles. The van der Waals surface area contributed by atoms with Crippen LogP contribution in [0.4, 0.5) is 4.39 Å². The number of rotatable bonds is 0. The maximum Gasteiger partial charge on any atom is 0.124 e. The second kappa shape index (κ2) is 5.14. The van der Waals surface area contributed by atoms with Gasteiger partial charge in [-0.1, -0.05) is 25.4 Å². The number of aryl methyl sites for hydroxylation is 1. The van der Waals surface area contributed by atoms with E-state index in [4.69, 9.17) is 11.6 Å². The predicted molar refractivity (Wildman–Crippen MR) is 47.5 cm³/mol. The molecule has 1 aromatic rings. The Morgan fingerprint density at radius 1 is 1.18 bits per heavy atom. The van der Waals surface area contributed by atoms with Crippen LogP contribution < -0.4 is 0 Å². The summed E-state index contributed by atoms with van der Waals surface area (Å²) in [7, 11) is 0. The van der Waals surface area contributed by atoms with E-state index >= 15 is 0 Å². The molecule has 2 heteroatoms. The SMILES string of the molecule is CC.Cc1cc(F)cc(Cl)c1. The third kappa shape index (κ3) is 3.99. The molecule has 0 saturated carbocycles. The van der Waals surface area contributed by atoms with E-state index in [-0.39, 0.29) is 5.82 Å². The zero-order valence-corrected chi connectivity index (χ0v) is 7.74. The van der Waals surface area contributed by atoms with E-state index in [0.717, 1.165) is 5.56 Å². The zero-order chi connectivity index (χ0) is 8.85. The standard InChI is InChI=1S/C7H6ClF.C2H6/c1-5-2-6(8)4-7(9)3-5;1-2/h2-4H,1H3;1-2H3. The molecule has 0 aliphatic heterocycles. The number of benzene rings is 1. The van der Waals surface area contributed by atoms with Gasteiger partial charge < -0.3 is 0 Å². The van der Waals surface area contributed by atoms with Gasteiger partial charge in [0.15, 0.2) is 0 Å². The molecular formula is C9H12ClF. The average Bonchev–Trinajstić information content (AvgIpc) is 1.88. The fraction of sp³-hybridized carbons (Fsp3) is 0.333. The van der Waals surface area contributed by atoms with Crippen LogP contribution in [0.15, 0.2) is 18.2 Å². The van der Waals surface area contributed by atoms with Crippen molar-refractivity contribution in [2.45, 2.75) is 20.8 Å². The molecular weight excluding hydrogens is 163 g/mol. The van der Waals surface area contributed by atoms with Crippen LogP contribution in [-0.4, -0.2) is 0 Å². The van der Waals surface area contributed by atoms with Gasteiger partial charge in [0.25, 0.3) is 0 Å². The van der Waals surface area contributed by atoms with Crippen molar-refractivity contribution >= 4 is 11.6 Å². The van der Waals surface area contributed by atoms with Crippen LogP contribution in [-0.2, 0) is 0 Å². The maximum atomic E-state index is 12.3. The summed E-state index contributed by atoms with van der Waals surface area (Å²) in [4.78, 5) is 0. The van der Waals surface area contributed by atoms with Crippen LogP contribution in [0.5, 0.6) is 0 Å². The van der Waals surface area contributed by atoms with E-state index in [1.54, 1.807) is 13.0 Å². The third-order valence-electron chi connectivity index (χ3n) is 1.01. The van der Waals surface area contributed by atoms with Gasteiger partial charge in [-0.25, -0.2) is 4.39 Å². The van der Waals surface area contributed by atoms with Crippen molar-refractivity contribution in [2.75, 3.05) is 0 Å². The van der Waals surface area contributed by atoms with Crippen molar-refractivity contribution in [3.63, 3.8) is 0 Å². The average molecular weight is 175 g/mol. The van der Waals surface area contributed by atoms with Crippen LogP contribution in [0.2, 0.25) is 5.02 Å². The lowest BCUT2D eigenvalue weighted by Crippen LogP contribution is -1.75. The Morgan fingerprint density at radius 3 is 2.09 bits per heavy atom. The van der Waals surface area contributed by atoms with Gasteiger partial charge in [0.2, 0.25) is 0 Å². The highest BCUT2D eigenvalue weighted by molar-refractivity contribution is 6.30. The van der Waals surface area contributed by atoms with Gasteiger partial charge in [0.05, 0.1) is 0 Å². The molecule has 0 aromatic heterocycles. The molecule has 0 aliphatic carbocycles. The fourth-order valence-electron chi connectivity index (χ4n) is 0.692. The van der Waals surface area contributed by atoms with E-state index in [1.165, 1.54) is 12.1 Å². The number of halogens is 2. The number of hydrogen-bond donors (Lipinski definition) is 0. The van der Waals surface area contributed by atoms with Crippen LogP contribution in [0, 0.1) is 12.7 Å². The molecule has 0 fully saturated rings. The largest absolute Gasteiger partial charge is 0.207 e. The second-order valence-corrected chi connectivity index (χ2v) is 2.38. The lowest BCUT2D eigenvalue weighted by Gasteiger charge is -1.92. The summed E-state index contributed by atoms with van der Waals surface area (Å²) in [5, 5.41) is 0.451. The first kappa shape index (κ1) is 10.4. The topological polar surface area (TPSA) is 0 Å². The molecule has 0 atom stereocenters. The first-order valence-electron chi connectivity index (χ1n) is 3.61. The monoisotopic (exact) mass is 174 g/mol. The highest BCUT2D eigenvalue weighted by Gasteiger charge is 1.92. The van der Waals surface area contributed by atoms with Gasteiger partial charge >= 0.3 is 0 Å². The molecule has 1 aromatic carbocycles. The molecule has 0 saturated heterocycles. The first-order chi connectivity index (χ1) is 5.18. The van der Waals surface area contributed by atoms with E-state index in [2.05, 4.69) is 0 Å². The Labute approximate surface area is 72.0 Å². The van der Waals surface area contributed by atoms with E-state index < -0.39 is 0 Å². The van der Waals surface area contributed by atoms with E-state index in [0.29, 0.717) is 5.02 Å². The molecule has 0 unspecified atom stereocenters. The summed E-state index contributed by atoms with van der Waals surface area (Å²) >= 11 is 5.51. The first-order valence-corrected chi connectivity index (χ1v) is 3.99. The summed E-state index contributed by atoms with van der Waals surface area (Å²) in [6, 6.07) is 4.44. The Hall–Kier alpha value is -0.560. The van der Waals surface area contributed by atoms with E-state index in [9.17, 15) is 4.39 Å². The minimum Gasteiger partial charge on any atom is -0.207 e. The quantitative estimate of drug-likeness (QED) is 0.561. The third-order valence-corrected chi connectivity index (χ3v) is 1.23. The lowest BCUT2D eigenvalue weighted by atomic mass is 10.2. The highest BCUT2D eigenvalue weighted by atomic mass is 35.5. The van der Waals surface area contributed by atoms with Crippen molar-refractivity contribution in [3.05, 3.63) is 34.6 Å². The molecule has 0 spiro atoms. The minimum atomic E-state index is -0.278. The Balaban J connectivity index is 0.000000461. The van der Waals surface area contributed by atoms with Crippen molar-refractivity contribution in [1.29, 1.82) is 0 Å². The minimum absolute atomic E-state index is 0.278. The van der Waals surface area contributed by atoms with Crippen LogP contribution >= 0.6 is 11.6 Å². The zero-order valence-electron chi connectivity index (χ0n) is 6.99. The molecule has 62 valence electrons. The van der Waals surface area contributed by atoms with Gasteiger partial charge in [-0.05, 0) is 30.7 Å². The molecule has 0 radical (unpaired) electrons. The Bertz CT molecular complexity index is 170. The smallest absolute Gasteiger partial charge is 0.124 e. The van der Waals surface area contributed by atoms with Crippen LogP contribution in [0.1, 0.15) is 19.4 Å². The molecule has 0 aliphatic rings. The molecule has 0 nitrogen and oxygen atoms in total. The van der Waals surface area contributed by atoms with Crippen molar-refractivity contribution < 1.29 is 4.39 Å². The molecule has 0 amide bonds. The van der Waals surface area contributed by atoms with Crippen molar-refractivity contribution in [1.82, 2.24) is 0 Å². The summed E-state index contributed by atoms with van der Waals surface area (Å²) in [5.74, 6) is -0.278. The van der Waals surface area contributed by atoms with Crippen LogP contribution in [0.25, 0.3) is 0 Å². The van der Waals surface area contributed by atoms with Crippen LogP contribution in [0.3, 0.4) is 0 Å². The summed E-state index contributed by atoms with van der Waals surface area (Å²) < 4.78 is 12.3. The van der Waals surface area contributed by atoms with E-state index in [1.807, 2.05) is 13.8 Å². The second-order valence-electron chi connectivity index (χ2n) is 1.95. The maximum absolute atomic E-state index is 12.3. The van der Waals surface area contributed by atoms with Gasteiger partial charge in [0.1, 0.15) is 5.82 Å². The summed E-state index contributed by atoms with van der Waals surface area (Å²) in [5.41, 5.74) is 0.847. The van der Waals surface area contributed by atoms with Gasteiger partial charge in [-0.3, -0.25) is 0 Å². The fourth-order valence-corrected chi connectivity index (χ4v) is 0.968. The highest BCUT2D eigenvalue weighted by Crippen LogP contribution is 2.12. The lowest BCUT2D eigenvalue weighted by molar-refractivity contribution is 0.627. The Morgan fingerprint density at radius 2 is 1.73 bits per heavy atom. The molecule has 0 N–H and O–H groups in total. The molecule has 1 rings (SSSR count). The van der Waals surface area contributed by atoms with Gasteiger partial charge in [-0.2, -0.15) is 0 Å². The summed E-state index contributed by atoms with van der Waals surface area (Å²) in [6.45, 7) is 5.80. The van der Waals surface area contributed by atoms with Gasteiger partial charge in [-0.15, -0.1) is 0 Å². The Kier molecular flexibility index (Phi) is 4.88. The van der Waals surface area contributed by atoms with Gasteiger partial charge in [0, 0.05) is 5.02 Å². The summed E-state index contributed by atoms with van der Waals surface area (Å²) in [6.07, 6.45) is 0. The molecule has 0 bridgehead atoms. The molecule has 11 heavy (non-hydrogen) atoms. The number of hydrogen-bond acceptors (Lipinski definition) is 0.